The van der Waals surface area contributed by atoms with E-state index in [0.717, 1.165) is 0 Å². The van der Waals surface area contributed by atoms with Gasteiger partial charge in [-0.2, -0.15) is 5.10 Å². The van der Waals surface area contributed by atoms with Crippen molar-refractivity contribution in [2.75, 3.05) is 19.4 Å². The second-order valence-corrected chi connectivity index (χ2v) is 9.74. The lowest BCUT2D eigenvalue weighted by molar-refractivity contribution is -0.0916. The van der Waals surface area contributed by atoms with E-state index in [4.69, 9.17) is 38.9 Å². The van der Waals surface area contributed by atoms with E-state index in [1.54, 1.807) is 53.7 Å². The van der Waals surface area contributed by atoms with E-state index >= 15 is 0 Å². The third kappa shape index (κ3) is 7.08. The Morgan fingerprint density at radius 1 is 1.02 bits per heavy atom. The van der Waals surface area contributed by atoms with Crippen molar-refractivity contribution in [2.24, 2.45) is 4.99 Å². The molecule has 0 bridgehead atoms. The van der Waals surface area contributed by atoms with Crippen LogP contribution in [0.4, 0.5) is 20.2 Å². The van der Waals surface area contributed by atoms with Gasteiger partial charge in [-0.25, -0.2) is 23.9 Å². The van der Waals surface area contributed by atoms with Crippen LogP contribution in [0.25, 0.3) is 5.52 Å². The molecule has 15 heteroatoms. The van der Waals surface area contributed by atoms with Crippen LogP contribution < -0.4 is 5.73 Å². The van der Waals surface area contributed by atoms with Gasteiger partial charge in [0, 0.05) is 13.3 Å². The average molecular weight is 566 g/mol. The number of carbonyl (C=O) groups is 3. The molecule has 0 aromatic carbocycles. The summed E-state index contributed by atoms with van der Waals surface area (Å²) in [6.07, 6.45) is -6.09. The first-order chi connectivity index (χ1) is 18.9. The number of hydrogen-bond acceptors (Lipinski definition) is 14. The molecule has 4 atom stereocenters. The fourth-order valence-electron chi connectivity index (χ4n) is 4.04. The van der Waals surface area contributed by atoms with Gasteiger partial charge in [0.1, 0.15) is 24.6 Å². The fraction of sp³-hybridized carbons (Fsp3) is 0.600. The Balaban J connectivity index is 2.13. The number of rotatable bonds is 9. The number of nitrogens with two attached hydrogens (primary N) is 1. The molecule has 2 aromatic heterocycles. The van der Waals surface area contributed by atoms with Gasteiger partial charge in [-0.15, -0.1) is 0 Å². The molecule has 0 unspecified atom stereocenters. The molecular weight excluding hydrogens is 530 g/mol. The Morgan fingerprint density at radius 2 is 1.62 bits per heavy atom. The largest absolute Gasteiger partial charge is 0.509 e. The minimum absolute atomic E-state index is 0.186. The average Bonchev–Trinajstić information content (AvgIpc) is 3.38. The van der Waals surface area contributed by atoms with Crippen molar-refractivity contribution < 1.29 is 47.5 Å². The van der Waals surface area contributed by atoms with Crippen molar-refractivity contribution >= 4 is 36.0 Å². The fourth-order valence-corrected chi connectivity index (χ4v) is 4.04. The first-order valence-corrected chi connectivity index (χ1v) is 12.6. The lowest BCUT2D eigenvalue weighted by Crippen LogP contribution is -2.52. The van der Waals surface area contributed by atoms with Crippen LogP contribution in [-0.4, -0.2) is 89.1 Å². The molecule has 0 spiro atoms. The van der Waals surface area contributed by atoms with E-state index in [1.807, 2.05) is 0 Å². The SMILES string of the molecule is CN=C[C@]1(COC(=O)OC(C)C)O[C@@H](c2ccc3c(N)ncnn23)[C@H](OC(=O)OC(C)C)[C@@H]1OC(=O)OC(C)C. The van der Waals surface area contributed by atoms with Gasteiger partial charge >= 0.3 is 18.5 Å². The highest BCUT2D eigenvalue weighted by molar-refractivity contribution is 5.74. The maximum atomic E-state index is 12.8. The lowest BCUT2D eigenvalue weighted by Gasteiger charge is -2.30. The molecule has 220 valence electrons. The number of aliphatic imine (C=N–C) groups is 1. The van der Waals surface area contributed by atoms with E-state index in [2.05, 4.69) is 15.1 Å². The molecule has 0 radical (unpaired) electrons. The molecule has 0 amide bonds. The summed E-state index contributed by atoms with van der Waals surface area (Å²) in [6.45, 7) is 9.30. The molecule has 1 saturated heterocycles. The summed E-state index contributed by atoms with van der Waals surface area (Å²) >= 11 is 0. The van der Waals surface area contributed by atoms with Crippen molar-refractivity contribution in [3.8, 4) is 0 Å². The molecule has 2 N–H and O–H groups in total. The van der Waals surface area contributed by atoms with Crippen molar-refractivity contribution in [3.05, 3.63) is 24.2 Å². The Bertz CT molecular complexity index is 1230. The van der Waals surface area contributed by atoms with Gasteiger partial charge in [-0.1, -0.05) is 0 Å². The lowest BCUT2D eigenvalue weighted by atomic mass is 9.95. The summed E-state index contributed by atoms with van der Waals surface area (Å²) in [6, 6.07) is 3.27. The summed E-state index contributed by atoms with van der Waals surface area (Å²) in [5, 5.41) is 4.24. The molecule has 40 heavy (non-hydrogen) atoms. The molecule has 1 aliphatic heterocycles. The summed E-state index contributed by atoms with van der Waals surface area (Å²) in [4.78, 5) is 45.9. The van der Waals surface area contributed by atoms with Crippen molar-refractivity contribution in [2.45, 2.75) is 83.8 Å². The second kappa shape index (κ2) is 12.8. The zero-order valence-corrected chi connectivity index (χ0v) is 23.4. The smallest absolute Gasteiger partial charge is 0.432 e. The van der Waals surface area contributed by atoms with Crippen LogP contribution in [0.3, 0.4) is 0 Å². The van der Waals surface area contributed by atoms with Gasteiger partial charge in [0.25, 0.3) is 0 Å². The third-order valence-corrected chi connectivity index (χ3v) is 5.44. The third-order valence-electron chi connectivity index (χ3n) is 5.44. The minimum atomic E-state index is -1.77. The van der Waals surface area contributed by atoms with Gasteiger partial charge < -0.3 is 38.9 Å². The van der Waals surface area contributed by atoms with Crippen molar-refractivity contribution in [3.63, 3.8) is 0 Å². The molecular formula is C25H35N5O10. The van der Waals surface area contributed by atoms with E-state index < -0.39 is 67.3 Å². The van der Waals surface area contributed by atoms with Gasteiger partial charge in [-0.3, -0.25) is 4.99 Å². The first kappa shape index (κ1) is 30.4. The standard InChI is InChI=1S/C25H35N5O10/c1-13(2)35-22(31)34-11-25(10-27-7)20(39-24(33)37-15(5)6)19(38-23(32)36-14(3)4)18(40-25)16-8-9-17-21(26)28-12-29-30(16)17/h8-10,12-15,18-20H,11H2,1-7H3,(H2,26,28,29)/t18-,19-,20-,25+/m0/s1. The number of nitrogen functional groups attached to an aromatic ring is 1. The van der Waals surface area contributed by atoms with Crippen LogP contribution in [0, 0.1) is 0 Å². The second-order valence-electron chi connectivity index (χ2n) is 9.74. The highest BCUT2D eigenvalue weighted by Gasteiger charge is 2.61. The van der Waals surface area contributed by atoms with E-state index in [-0.39, 0.29) is 5.82 Å². The molecule has 0 saturated carbocycles. The van der Waals surface area contributed by atoms with Crippen LogP contribution >= 0.6 is 0 Å². The molecule has 0 aliphatic carbocycles. The Morgan fingerprint density at radius 3 is 2.23 bits per heavy atom. The molecule has 3 heterocycles. The van der Waals surface area contributed by atoms with Crippen LogP contribution in [0.1, 0.15) is 53.3 Å². The predicted molar refractivity (Wildman–Crippen MR) is 139 cm³/mol. The maximum Gasteiger partial charge on any atom is 0.509 e. The van der Waals surface area contributed by atoms with Gasteiger partial charge in [0.15, 0.2) is 23.6 Å². The van der Waals surface area contributed by atoms with Gasteiger partial charge in [0.05, 0.1) is 24.0 Å². The summed E-state index contributed by atoms with van der Waals surface area (Å²) in [7, 11) is 1.44. The van der Waals surface area contributed by atoms with Gasteiger partial charge in [0.2, 0.25) is 0 Å². The Hall–Kier alpha value is -4.14. The van der Waals surface area contributed by atoms with Crippen molar-refractivity contribution in [1.29, 1.82) is 0 Å². The number of hydrogen-bond donors (Lipinski definition) is 1. The zero-order chi connectivity index (χ0) is 29.6. The first-order valence-electron chi connectivity index (χ1n) is 12.6. The molecule has 15 nitrogen and oxygen atoms in total. The molecule has 1 fully saturated rings. The minimum Gasteiger partial charge on any atom is -0.432 e. The van der Waals surface area contributed by atoms with E-state index in [1.165, 1.54) is 24.1 Å². The predicted octanol–water partition coefficient (Wildman–Crippen LogP) is 3.24. The van der Waals surface area contributed by atoms with Crippen LogP contribution in [-0.2, 0) is 33.2 Å². The summed E-state index contributed by atoms with van der Waals surface area (Å²) in [5.41, 5.74) is 5.04. The number of anilines is 1. The maximum absolute atomic E-state index is 12.8. The highest BCUT2D eigenvalue weighted by Crippen LogP contribution is 2.44. The van der Waals surface area contributed by atoms with E-state index in [9.17, 15) is 14.4 Å². The number of carbonyl (C=O) groups excluding carboxylic acids is 3. The number of fused-ring (bicyclic) bond motifs is 1. The molecule has 3 rings (SSSR count). The highest BCUT2D eigenvalue weighted by atomic mass is 16.8. The number of ether oxygens (including phenoxy) is 7. The van der Waals surface area contributed by atoms with Crippen LogP contribution in [0.5, 0.6) is 0 Å². The molecule has 1 aliphatic rings. The topological polar surface area (TPSA) is 184 Å². The Kier molecular flexibility index (Phi) is 9.74. The number of aromatic nitrogens is 3. The normalized spacial score (nSPS) is 22.7. The number of nitrogens with zero attached hydrogens (tertiary/aromatic N) is 4. The van der Waals surface area contributed by atoms with Gasteiger partial charge in [-0.05, 0) is 53.7 Å². The summed E-state index contributed by atoms with van der Waals surface area (Å²) in [5.74, 6) is 0.186. The van der Waals surface area contributed by atoms with Crippen LogP contribution in [0.2, 0.25) is 0 Å². The zero-order valence-electron chi connectivity index (χ0n) is 23.4. The van der Waals surface area contributed by atoms with E-state index in [0.29, 0.717) is 11.2 Å². The Labute approximate surface area is 230 Å². The summed E-state index contributed by atoms with van der Waals surface area (Å²) < 4.78 is 40.0. The monoisotopic (exact) mass is 565 g/mol. The van der Waals surface area contributed by atoms with Crippen LogP contribution in [0.15, 0.2) is 23.5 Å². The van der Waals surface area contributed by atoms with Crippen molar-refractivity contribution in [1.82, 2.24) is 14.6 Å². The quantitative estimate of drug-likeness (QED) is 0.266. The molecule has 2 aromatic rings.